The lowest BCUT2D eigenvalue weighted by molar-refractivity contribution is -0.139. The van der Waals surface area contributed by atoms with E-state index in [2.05, 4.69) is 19.2 Å². The highest BCUT2D eigenvalue weighted by molar-refractivity contribution is 5.86. The predicted octanol–water partition coefficient (Wildman–Crippen LogP) is 1.37. The van der Waals surface area contributed by atoms with Gasteiger partial charge >= 0.3 is 0 Å². The molecule has 0 aliphatic rings. The number of nitrogens with one attached hydrogen (secondary N) is 1. The minimum Gasteiger partial charge on any atom is -0.355 e. The van der Waals surface area contributed by atoms with E-state index in [0.29, 0.717) is 25.6 Å². The average Bonchev–Trinajstić information content (AvgIpc) is 2.41. The lowest BCUT2D eigenvalue weighted by atomic mass is 9.95. The Morgan fingerprint density at radius 2 is 1.85 bits per heavy atom. The molecule has 1 atom stereocenters. The minimum atomic E-state index is -0.180. The maximum atomic E-state index is 12.5. The van der Waals surface area contributed by atoms with Crippen LogP contribution in [-0.2, 0) is 9.59 Å². The van der Waals surface area contributed by atoms with Crippen molar-refractivity contribution in [2.75, 3.05) is 26.2 Å². The van der Waals surface area contributed by atoms with Gasteiger partial charge in [-0.1, -0.05) is 27.7 Å². The van der Waals surface area contributed by atoms with Crippen molar-refractivity contribution in [3.8, 4) is 0 Å². The van der Waals surface area contributed by atoms with Crippen molar-refractivity contribution in [2.24, 2.45) is 17.6 Å². The first kappa shape index (κ1) is 18.9. The predicted molar refractivity (Wildman–Crippen MR) is 82.2 cm³/mol. The van der Waals surface area contributed by atoms with Gasteiger partial charge in [0.05, 0.1) is 12.5 Å². The molecule has 20 heavy (non-hydrogen) atoms. The Bertz CT molecular complexity index is 293. The SMILES string of the molecule is CCCNC(=O)CN(CCC)C(=O)C(CN)CC(C)C. The number of nitrogens with two attached hydrogens (primary N) is 1. The molecule has 0 aliphatic heterocycles. The highest BCUT2D eigenvalue weighted by Crippen LogP contribution is 2.14. The third-order valence-electron chi connectivity index (χ3n) is 3.10. The Hall–Kier alpha value is -1.10. The molecule has 118 valence electrons. The van der Waals surface area contributed by atoms with E-state index in [9.17, 15) is 9.59 Å². The first-order valence-electron chi connectivity index (χ1n) is 7.71. The van der Waals surface area contributed by atoms with Crippen LogP contribution in [-0.4, -0.2) is 42.9 Å². The number of carbonyl (C=O) groups is 2. The highest BCUT2D eigenvalue weighted by atomic mass is 16.2. The molecular weight excluding hydrogens is 254 g/mol. The van der Waals surface area contributed by atoms with E-state index >= 15 is 0 Å². The molecule has 3 N–H and O–H groups in total. The van der Waals surface area contributed by atoms with Crippen LogP contribution < -0.4 is 11.1 Å². The van der Waals surface area contributed by atoms with E-state index in [4.69, 9.17) is 5.73 Å². The molecule has 2 amide bonds. The van der Waals surface area contributed by atoms with E-state index in [1.165, 1.54) is 0 Å². The molecule has 0 saturated heterocycles. The van der Waals surface area contributed by atoms with Crippen LogP contribution >= 0.6 is 0 Å². The summed E-state index contributed by atoms with van der Waals surface area (Å²) in [6.07, 6.45) is 2.50. The third kappa shape index (κ3) is 7.48. The summed E-state index contributed by atoms with van der Waals surface area (Å²) in [5, 5.41) is 2.81. The fourth-order valence-corrected chi connectivity index (χ4v) is 2.16. The molecule has 0 radical (unpaired) electrons. The number of amides is 2. The molecule has 0 bridgehead atoms. The molecule has 0 spiro atoms. The molecule has 1 unspecified atom stereocenters. The van der Waals surface area contributed by atoms with Gasteiger partial charge in [0.25, 0.3) is 0 Å². The fourth-order valence-electron chi connectivity index (χ4n) is 2.16. The molecule has 0 aromatic carbocycles. The minimum absolute atomic E-state index is 0.00898. The van der Waals surface area contributed by atoms with Crippen molar-refractivity contribution in [1.82, 2.24) is 10.2 Å². The van der Waals surface area contributed by atoms with Crippen molar-refractivity contribution in [2.45, 2.75) is 47.0 Å². The van der Waals surface area contributed by atoms with Crippen LogP contribution in [0.1, 0.15) is 47.0 Å². The fraction of sp³-hybridized carbons (Fsp3) is 0.867. The van der Waals surface area contributed by atoms with Crippen LogP contribution in [0.3, 0.4) is 0 Å². The topological polar surface area (TPSA) is 75.4 Å². The number of hydrogen-bond donors (Lipinski definition) is 2. The highest BCUT2D eigenvalue weighted by Gasteiger charge is 2.24. The summed E-state index contributed by atoms with van der Waals surface area (Å²) in [5.74, 6) is 0.161. The van der Waals surface area contributed by atoms with Crippen LogP contribution in [0.4, 0.5) is 0 Å². The molecule has 0 fully saturated rings. The number of carbonyl (C=O) groups excluding carboxylic acids is 2. The smallest absolute Gasteiger partial charge is 0.239 e. The number of rotatable bonds is 10. The van der Waals surface area contributed by atoms with Gasteiger partial charge in [-0.25, -0.2) is 0 Å². The summed E-state index contributed by atoms with van der Waals surface area (Å²) in [7, 11) is 0. The van der Waals surface area contributed by atoms with Gasteiger partial charge in [-0.2, -0.15) is 0 Å². The molecule has 5 heteroatoms. The standard InChI is InChI=1S/C15H31N3O2/c1-5-7-17-14(19)11-18(8-6-2)15(20)13(10-16)9-12(3)4/h12-13H,5-11,16H2,1-4H3,(H,17,19). The molecule has 0 rings (SSSR count). The Morgan fingerprint density at radius 1 is 1.20 bits per heavy atom. The van der Waals surface area contributed by atoms with Gasteiger partial charge in [-0.15, -0.1) is 0 Å². The lowest BCUT2D eigenvalue weighted by Gasteiger charge is -2.27. The Balaban J connectivity index is 4.61. The van der Waals surface area contributed by atoms with Gasteiger partial charge in [-0.3, -0.25) is 9.59 Å². The molecule has 0 heterocycles. The molecule has 5 nitrogen and oxygen atoms in total. The van der Waals surface area contributed by atoms with Crippen LogP contribution in [0.15, 0.2) is 0 Å². The van der Waals surface area contributed by atoms with Crippen molar-refractivity contribution in [3.05, 3.63) is 0 Å². The molecular formula is C15H31N3O2. The summed E-state index contributed by atoms with van der Waals surface area (Å²) in [6, 6.07) is 0. The van der Waals surface area contributed by atoms with Crippen LogP contribution in [0.25, 0.3) is 0 Å². The van der Waals surface area contributed by atoms with E-state index in [1.807, 2.05) is 13.8 Å². The number of hydrogen-bond acceptors (Lipinski definition) is 3. The normalized spacial score (nSPS) is 12.3. The van der Waals surface area contributed by atoms with Crippen LogP contribution in [0, 0.1) is 11.8 Å². The summed E-state index contributed by atoms with van der Waals surface area (Å²) in [6.45, 7) is 9.90. The van der Waals surface area contributed by atoms with E-state index in [0.717, 1.165) is 19.3 Å². The Kier molecular flexibility index (Phi) is 10.1. The summed E-state index contributed by atoms with van der Waals surface area (Å²) < 4.78 is 0. The van der Waals surface area contributed by atoms with E-state index < -0.39 is 0 Å². The van der Waals surface area contributed by atoms with E-state index in [-0.39, 0.29) is 24.3 Å². The summed E-state index contributed by atoms with van der Waals surface area (Å²) in [4.78, 5) is 25.9. The second kappa shape index (κ2) is 10.7. The largest absolute Gasteiger partial charge is 0.355 e. The molecule has 0 aliphatic carbocycles. The van der Waals surface area contributed by atoms with Crippen molar-refractivity contribution < 1.29 is 9.59 Å². The van der Waals surface area contributed by atoms with Crippen LogP contribution in [0.2, 0.25) is 0 Å². The first-order chi connectivity index (χ1) is 9.46. The van der Waals surface area contributed by atoms with Crippen molar-refractivity contribution >= 4 is 11.8 Å². The number of nitrogens with zero attached hydrogens (tertiary/aromatic N) is 1. The second-order valence-corrected chi connectivity index (χ2v) is 5.67. The quantitative estimate of drug-likeness (QED) is 0.636. The Morgan fingerprint density at radius 3 is 2.30 bits per heavy atom. The van der Waals surface area contributed by atoms with Gasteiger partial charge in [0.2, 0.25) is 11.8 Å². The van der Waals surface area contributed by atoms with Gasteiger partial charge in [-0.05, 0) is 25.2 Å². The van der Waals surface area contributed by atoms with Gasteiger partial charge < -0.3 is 16.0 Å². The van der Waals surface area contributed by atoms with Crippen molar-refractivity contribution in [3.63, 3.8) is 0 Å². The molecule has 0 aromatic heterocycles. The second-order valence-electron chi connectivity index (χ2n) is 5.67. The maximum absolute atomic E-state index is 12.5. The lowest BCUT2D eigenvalue weighted by Crippen LogP contribution is -2.45. The monoisotopic (exact) mass is 285 g/mol. The average molecular weight is 285 g/mol. The Labute approximate surface area is 123 Å². The third-order valence-corrected chi connectivity index (χ3v) is 3.10. The van der Waals surface area contributed by atoms with Crippen molar-refractivity contribution in [1.29, 1.82) is 0 Å². The first-order valence-corrected chi connectivity index (χ1v) is 7.71. The van der Waals surface area contributed by atoms with Gasteiger partial charge in [0.1, 0.15) is 0 Å². The van der Waals surface area contributed by atoms with Crippen LogP contribution in [0.5, 0.6) is 0 Å². The molecule has 0 aromatic rings. The summed E-state index contributed by atoms with van der Waals surface area (Å²) >= 11 is 0. The zero-order valence-electron chi connectivity index (χ0n) is 13.4. The van der Waals surface area contributed by atoms with E-state index in [1.54, 1.807) is 4.90 Å². The zero-order chi connectivity index (χ0) is 15.5. The van der Waals surface area contributed by atoms with Gasteiger partial charge in [0, 0.05) is 19.6 Å². The van der Waals surface area contributed by atoms with Gasteiger partial charge in [0.15, 0.2) is 0 Å². The summed E-state index contributed by atoms with van der Waals surface area (Å²) in [5.41, 5.74) is 5.72. The maximum Gasteiger partial charge on any atom is 0.239 e. The zero-order valence-corrected chi connectivity index (χ0v) is 13.4. The molecule has 0 saturated carbocycles.